The molecule has 0 atom stereocenters. The molecule has 2 aromatic heterocycles. The van der Waals surface area contributed by atoms with E-state index in [-0.39, 0.29) is 13.0 Å². The number of esters is 1. The number of rotatable bonds is 5. The summed E-state index contributed by atoms with van der Waals surface area (Å²) in [7, 11) is 0. The Hall–Kier alpha value is -3.93. The van der Waals surface area contributed by atoms with Crippen molar-refractivity contribution in [1.82, 2.24) is 10.1 Å². The van der Waals surface area contributed by atoms with Gasteiger partial charge in [0, 0.05) is 10.9 Å². The first-order valence-corrected chi connectivity index (χ1v) is 9.20. The van der Waals surface area contributed by atoms with Crippen LogP contribution in [0.1, 0.15) is 11.6 Å². The van der Waals surface area contributed by atoms with Gasteiger partial charge >= 0.3 is 5.97 Å². The van der Waals surface area contributed by atoms with E-state index in [2.05, 4.69) is 10.1 Å². The first-order chi connectivity index (χ1) is 14.3. The molecular weight excluding hydrogens is 368 g/mol. The van der Waals surface area contributed by atoms with E-state index in [0.717, 1.165) is 27.3 Å². The zero-order valence-electron chi connectivity index (χ0n) is 15.4. The van der Waals surface area contributed by atoms with Crippen LogP contribution in [0.25, 0.3) is 33.2 Å². The number of benzene rings is 3. The fraction of sp³-hybridized carbons (Fsp3) is 0.0870. The Morgan fingerprint density at radius 2 is 1.76 bits per heavy atom. The highest BCUT2D eigenvalue weighted by atomic mass is 16.5. The molecular formula is C23H16N2O4. The van der Waals surface area contributed by atoms with Crippen molar-refractivity contribution in [2.75, 3.05) is 0 Å². The number of nitrogens with zero attached hydrogens (tertiary/aromatic N) is 2. The fourth-order valence-electron chi connectivity index (χ4n) is 3.28. The predicted octanol–water partition coefficient (Wildman–Crippen LogP) is 4.92. The van der Waals surface area contributed by atoms with Gasteiger partial charge in [-0.3, -0.25) is 4.79 Å². The molecule has 0 unspecified atom stereocenters. The highest BCUT2D eigenvalue weighted by molar-refractivity contribution is 6.06. The summed E-state index contributed by atoms with van der Waals surface area (Å²) in [5, 5.41) is 7.05. The van der Waals surface area contributed by atoms with Gasteiger partial charge in [-0.2, -0.15) is 4.98 Å². The second kappa shape index (κ2) is 7.24. The van der Waals surface area contributed by atoms with Crippen molar-refractivity contribution in [3.63, 3.8) is 0 Å². The average Bonchev–Trinajstić information content (AvgIpc) is 3.40. The molecule has 0 spiro atoms. The first-order valence-electron chi connectivity index (χ1n) is 9.20. The Balaban J connectivity index is 1.26. The molecule has 0 saturated heterocycles. The highest BCUT2D eigenvalue weighted by Gasteiger charge is 2.14. The van der Waals surface area contributed by atoms with E-state index in [1.54, 1.807) is 0 Å². The summed E-state index contributed by atoms with van der Waals surface area (Å²) in [6.45, 7) is -0.0572. The molecule has 5 aromatic rings. The summed E-state index contributed by atoms with van der Waals surface area (Å²) in [6, 6.07) is 23.3. The summed E-state index contributed by atoms with van der Waals surface area (Å²) in [5.41, 5.74) is 1.56. The molecule has 0 aliphatic heterocycles. The molecule has 0 bridgehead atoms. The lowest BCUT2D eigenvalue weighted by atomic mass is 10.1. The molecule has 142 valence electrons. The van der Waals surface area contributed by atoms with Crippen LogP contribution < -0.4 is 0 Å². The van der Waals surface area contributed by atoms with Crippen LogP contribution in [0.2, 0.25) is 0 Å². The van der Waals surface area contributed by atoms with E-state index in [4.69, 9.17) is 13.7 Å². The second-order valence-corrected chi connectivity index (χ2v) is 6.63. The van der Waals surface area contributed by atoms with Gasteiger partial charge in [0.05, 0.1) is 0 Å². The number of carbonyl (C=O) groups excluding carboxylic acids is 1. The summed E-state index contributed by atoms with van der Waals surface area (Å²) in [5.74, 6) is 0.840. The lowest BCUT2D eigenvalue weighted by Crippen LogP contribution is -2.08. The van der Waals surface area contributed by atoms with Crippen molar-refractivity contribution in [1.29, 1.82) is 0 Å². The Morgan fingerprint density at radius 1 is 0.931 bits per heavy atom. The minimum atomic E-state index is -0.417. The van der Waals surface area contributed by atoms with Gasteiger partial charge in [0.1, 0.15) is 17.8 Å². The maximum Gasteiger partial charge on any atom is 0.313 e. The minimum Gasteiger partial charge on any atom is -0.460 e. The Kier molecular flexibility index (Phi) is 4.29. The van der Waals surface area contributed by atoms with Crippen LogP contribution in [0.4, 0.5) is 0 Å². The topological polar surface area (TPSA) is 78.4 Å². The molecule has 0 radical (unpaired) electrons. The average molecular weight is 384 g/mol. The smallest absolute Gasteiger partial charge is 0.313 e. The van der Waals surface area contributed by atoms with E-state index >= 15 is 0 Å². The van der Waals surface area contributed by atoms with Crippen LogP contribution in [-0.2, 0) is 22.6 Å². The first kappa shape index (κ1) is 17.2. The SMILES string of the molecule is O=C(Cc1cc2c(ccc3ccccc32)o1)OCc1noc(-c2ccccc2)n1. The molecule has 3 aromatic carbocycles. The third-order valence-corrected chi connectivity index (χ3v) is 4.65. The van der Waals surface area contributed by atoms with Crippen LogP contribution in [0.5, 0.6) is 0 Å². The quantitative estimate of drug-likeness (QED) is 0.400. The summed E-state index contributed by atoms with van der Waals surface area (Å²) < 4.78 is 16.3. The largest absolute Gasteiger partial charge is 0.460 e. The van der Waals surface area contributed by atoms with Gasteiger partial charge < -0.3 is 13.7 Å². The zero-order chi connectivity index (χ0) is 19.6. The molecule has 5 rings (SSSR count). The van der Waals surface area contributed by atoms with Gasteiger partial charge in [-0.1, -0.05) is 53.7 Å². The molecule has 0 aliphatic carbocycles. The molecule has 0 aliphatic rings. The normalized spacial score (nSPS) is 11.2. The van der Waals surface area contributed by atoms with E-state index in [1.807, 2.05) is 72.8 Å². The number of aromatic nitrogens is 2. The maximum atomic E-state index is 12.2. The van der Waals surface area contributed by atoms with Crippen molar-refractivity contribution >= 4 is 27.7 Å². The monoisotopic (exact) mass is 384 g/mol. The lowest BCUT2D eigenvalue weighted by molar-refractivity contribution is -0.144. The van der Waals surface area contributed by atoms with Gasteiger partial charge in [-0.15, -0.1) is 0 Å². The zero-order valence-corrected chi connectivity index (χ0v) is 15.4. The standard InChI is InChI=1S/C23H16N2O4/c26-22(27-14-21-24-23(29-25-21)16-7-2-1-3-8-16)13-17-12-19-18-9-5-4-6-15(18)10-11-20(19)28-17/h1-12H,13-14H2. The third kappa shape index (κ3) is 3.48. The van der Waals surface area contributed by atoms with Crippen molar-refractivity contribution < 1.29 is 18.5 Å². The highest BCUT2D eigenvalue weighted by Crippen LogP contribution is 2.28. The maximum absolute atomic E-state index is 12.2. The second-order valence-electron chi connectivity index (χ2n) is 6.63. The lowest BCUT2D eigenvalue weighted by Gasteiger charge is -1.99. The summed E-state index contributed by atoms with van der Waals surface area (Å²) >= 11 is 0. The number of hydrogen-bond donors (Lipinski definition) is 0. The molecule has 6 heteroatoms. The molecule has 0 N–H and O–H groups in total. The van der Waals surface area contributed by atoms with Gasteiger partial charge in [0.25, 0.3) is 5.89 Å². The van der Waals surface area contributed by atoms with Crippen molar-refractivity contribution in [2.24, 2.45) is 0 Å². The van der Waals surface area contributed by atoms with E-state index in [9.17, 15) is 4.79 Å². The number of ether oxygens (including phenoxy) is 1. The fourth-order valence-corrected chi connectivity index (χ4v) is 3.28. The Bertz CT molecular complexity index is 1300. The molecule has 29 heavy (non-hydrogen) atoms. The number of furan rings is 1. The van der Waals surface area contributed by atoms with Crippen LogP contribution in [0.15, 0.2) is 81.7 Å². The van der Waals surface area contributed by atoms with Crippen LogP contribution in [0.3, 0.4) is 0 Å². The predicted molar refractivity (Wildman–Crippen MR) is 107 cm³/mol. The molecule has 0 fully saturated rings. The third-order valence-electron chi connectivity index (χ3n) is 4.65. The molecule has 6 nitrogen and oxygen atoms in total. The van der Waals surface area contributed by atoms with Crippen molar-refractivity contribution in [2.45, 2.75) is 13.0 Å². The van der Waals surface area contributed by atoms with Crippen LogP contribution >= 0.6 is 0 Å². The van der Waals surface area contributed by atoms with Crippen molar-refractivity contribution in [3.8, 4) is 11.5 Å². The Morgan fingerprint density at radius 3 is 2.66 bits per heavy atom. The number of fused-ring (bicyclic) bond motifs is 3. The van der Waals surface area contributed by atoms with E-state index < -0.39 is 5.97 Å². The van der Waals surface area contributed by atoms with E-state index in [1.165, 1.54) is 0 Å². The van der Waals surface area contributed by atoms with E-state index in [0.29, 0.717) is 17.5 Å². The Labute approximate surface area is 165 Å². The van der Waals surface area contributed by atoms with Gasteiger partial charge in [-0.25, -0.2) is 0 Å². The summed E-state index contributed by atoms with van der Waals surface area (Å²) in [4.78, 5) is 16.5. The minimum absolute atomic E-state index is 0.0341. The number of carbonyl (C=O) groups is 1. The molecule has 0 saturated carbocycles. The summed E-state index contributed by atoms with van der Waals surface area (Å²) in [6.07, 6.45) is 0.0341. The van der Waals surface area contributed by atoms with Gasteiger partial charge in [0.15, 0.2) is 6.61 Å². The molecule has 2 heterocycles. The van der Waals surface area contributed by atoms with Gasteiger partial charge in [-0.05, 0) is 35.0 Å². The molecule has 0 amide bonds. The number of hydrogen-bond acceptors (Lipinski definition) is 6. The van der Waals surface area contributed by atoms with Crippen molar-refractivity contribution in [3.05, 3.63) is 84.4 Å². The van der Waals surface area contributed by atoms with Crippen LogP contribution in [-0.4, -0.2) is 16.1 Å². The van der Waals surface area contributed by atoms with Gasteiger partial charge in [0.2, 0.25) is 5.82 Å². The van der Waals surface area contributed by atoms with Crippen LogP contribution in [0, 0.1) is 0 Å².